The molecule has 7 nitrogen and oxygen atoms in total. The highest BCUT2D eigenvalue weighted by molar-refractivity contribution is 5.77. The van der Waals surface area contributed by atoms with Crippen LogP contribution in [-0.4, -0.2) is 23.1 Å². The number of imidazole rings is 2. The van der Waals surface area contributed by atoms with Gasteiger partial charge in [-0.2, -0.15) is 4.98 Å². The molecule has 0 N–H and O–H groups in total. The van der Waals surface area contributed by atoms with Crippen molar-refractivity contribution in [3.8, 4) is 5.69 Å². The van der Waals surface area contributed by atoms with Crippen molar-refractivity contribution in [3.63, 3.8) is 0 Å². The lowest BCUT2D eigenvalue weighted by Crippen LogP contribution is -2.38. The van der Waals surface area contributed by atoms with Gasteiger partial charge in [-0.15, -0.1) is 0 Å². The molecule has 0 aliphatic rings. The molecule has 0 aliphatic heterocycles. The van der Waals surface area contributed by atoms with Gasteiger partial charge in [0.2, 0.25) is 5.78 Å². The highest BCUT2D eigenvalue weighted by Gasteiger charge is 2.22. The molecule has 140 valence electrons. The number of hydrogen-bond acceptors (Lipinski definition) is 3. The van der Waals surface area contributed by atoms with Crippen LogP contribution in [0.4, 0.5) is 0 Å². The minimum absolute atomic E-state index is 0.302. The molecule has 0 unspecified atom stereocenters. The van der Waals surface area contributed by atoms with Crippen molar-refractivity contribution in [2.75, 3.05) is 0 Å². The number of hydrogen-bond donors (Lipinski definition) is 0. The molecule has 0 saturated carbocycles. The van der Waals surface area contributed by atoms with Crippen molar-refractivity contribution in [2.24, 2.45) is 7.05 Å². The van der Waals surface area contributed by atoms with E-state index in [4.69, 9.17) is 4.98 Å². The quantitative estimate of drug-likeness (QED) is 0.548. The summed E-state index contributed by atoms with van der Waals surface area (Å²) in [5.74, 6) is 0.644. The van der Waals surface area contributed by atoms with E-state index in [1.54, 1.807) is 14.0 Å². The van der Waals surface area contributed by atoms with E-state index in [1.807, 2.05) is 18.2 Å². The molecule has 0 saturated heterocycles. The number of benzene rings is 1. The summed E-state index contributed by atoms with van der Waals surface area (Å²) >= 11 is 0. The molecule has 3 heterocycles. The SMILES string of the molecule is CCn1c(=O)c2c(nc3n(-c4cc(C)cc(C)c4)c(C)c(C)n23)n(C)c1=O. The van der Waals surface area contributed by atoms with Crippen LogP contribution in [0.3, 0.4) is 0 Å². The molecule has 27 heavy (non-hydrogen) atoms. The Morgan fingerprint density at radius 3 is 2.19 bits per heavy atom. The third-order valence-corrected chi connectivity index (χ3v) is 5.30. The summed E-state index contributed by atoms with van der Waals surface area (Å²) in [6, 6.07) is 6.32. The van der Waals surface area contributed by atoms with Crippen molar-refractivity contribution < 1.29 is 0 Å². The third-order valence-electron chi connectivity index (χ3n) is 5.30. The van der Waals surface area contributed by atoms with E-state index in [2.05, 4.69) is 36.6 Å². The Morgan fingerprint density at radius 1 is 0.963 bits per heavy atom. The van der Waals surface area contributed by atoms with Crippen molar-refractivity contribution in [1.29, 1.82) is 0 Å². The first kappa shape index (κ1) is 17.3. The molecule has 0 amide bonds. The molecule has 0 atom stereocenters. The van der Waals surface area contributed by atoms with E-state index >= 15 is 0 Å². The molecule has 1 aromatic carbocycles. The Kier molecular flexibility index (Phi) is 3.66. The fraction of sp³-hybridized carbons (Fsp3) is 0.350. The second-order valence-electron chi connectivity index (χ2n) is 7.16. The normalized spacial score (nSPS) is 11.8. The molecular weight excluding hydrogens is 342 g/mol. The predicted molar refractivity (Wildman–Crippen MR) is 106 cm³/mol. The van der Waals surface area contributed by atoms with E-state index in [9.17, 15) is 9.59 Å². The van der Waals surface area contributed by atoms with Gasteiger partial charge in [-0.3, -0.25) is 22.9 Å². The summed E-state index contributed by atoms with van der Waals surface area (Å²) in [5, 5.41) is 0. The topological polar surface area (TPSA) is 66.2 Å². The Bertz CT molecular complexity index is 1330. The molecule has 0 spiro atoms. The molecule has 0 aliphatic carbocycles. The lowest BCUT2D eigenvalue weighted by atomic mass is 10.1. The monoisotopic (exact) mass is 365 g/mol. The highest BCUT2D eigenvalue weighted by atomic mass is 16.2. The van der Waals surface area contributed by atoms with Crippen LogP contribution >= 0.6 is 0 Å². The van der Waals surface area contributed by atoms with Gasteiger partial charge in [-0.05, 0) is 57.9 Å². The van der Waals surface area contributed by atoms with Gasteiger partial charge < -0.3 is 0 Å². The summed E-state index contributed by atoms with van der Waals surface area (Å²) < 4.78 is 6.62. The van der Waals surface area contributed by atoms with Crippen LogP contribution in [0.2, 0.25) is 0 Å². The molecule has 0 radical (unpaired) electrons. The summed E-state index contributed by atoms with van der Waals surface area (Å²) in [5.41, 5.74) is 5.47. The minimum Gasteiger partial charge on any atom is -0.283 e. The Labute approximate surface area is 156 Å². The van der Waals surface area contributed by atoms with Gasteiger partial charge in [0.15, 0.2) is 11.2 Å². The van der Waals surface area contributed by atoms with Crippen molar-refractivity contribution in [3.05, 3.63) is 61.6 Å². The maximum absolute atomic E-state index is 13.0. The van der Waals surface area contributed by atoms with Crippen molar-refractivity contribution in [2.45, 2.75) is 41.2 Å². The molecule has 4 rings (SSSR count). The lowest BCUT2D eigenvalue weighted by molar-refractivity contribution is 0.636. The molecule has 0 fully saturated rings. The van der Waals surface area contributed by atoms with Gasteiger partial charge in [0.1, 0.15) is 0 Å². The fourth-order valence-electron chi connectivity index (χ4n) is 3.92. The predicted octanol–water partition coefficient (Wildman–Crippen LogP) is 2.39. The zero-order valence-corrected chi connectivity index (χ0v) is 16.5. The zero-order valence-electron chi connectivity index (χ0n) is 16.5. The second-order valence-corrected chi connectivity index (χ2v) is 7.16. The van der Waals surface area contributed by atoms with Gasteiger partial charge in [0.05, 0.1) is 0 Å². The minimum atomic E-state index is -0.344. The number of fused-ring (bicyclic) bond motifs is 3. The van der Waals surface area contributed by atoms with Crippen LogP contribution in [0.5, 0.6) is 0 Å². The van der Waals surface area contributed by atoms with Gasteiger partial charge in [0, 0.05) is 30.7 Å². The Hall–Kier alpha value is -3.09. The van der Waals surface area contributed by atoms with Gasteiger partial charge in [-0.1, -0.05) is 6.07 Å². The Balaban J connectivity index is 2.24. The van der Waals surface area contributed by atoms with E-state index in [0.29, 0.717) is 23.5 Å². The van der Waals surface area contributed by atoms with Crippen molar-refractivity contribution in [1.82, 2.24) is 23.1 Å². The summed E-state index contributed by atoms with van der Waals surface area (Å²) in [6.07, 6.45) is 0. The summed E-state index contributed by atoms with van der Waals surface area (Å²) in [7, 11) is 1.66. The standard InChI is InChI=1S/C20H23N5O2/c1-7-23-18(26)16-17(22(6)20(23)27)21-19-24(13(4)14(5)25(16)19)15-9-11(2)8-12(3)10-15/h8-10H,7H2,1-6H3. The first-order valence-electron chi connectivity index (χ1n) is 9.04. The van der Waals surface area contributed by atoms with Gasteiger partial charge in [0.25, 0.3) is 5.56 Å². The fourth-order valence-corrected chi connectivity index (χ4v) is 3.92. The Morgan fingerprint density at radius 2 is 1.59 bits per heavy atom. The highest BCUT2D eigenvalue weighted by Crippen LogP contribution is 2.25. The zero-order chi connectivity index (χ0) is 19.6. The molecular formula is C20H23N5O2. The number of nitrogens with zero attached hydrogens (tertiary/aromatic N) is 5. The number of aromatic nitrogens is 5. The second kappa shape index (κ2) is 5.70. The first-order valence-corrected chi connectivity index (χ1v) is 9.04. The van der Waals surface area contributed by atoms with E-state index < -0.39 is 0 Å². The lowest BCUT2D eigenvalue weighted by Gasteiger charge is -2.09. The maximum Gasteiger partial charge on any atom is 0.332 e. The number of rotatable bonds is 2. The molecule has 7 heteroatoms. The molecule has 0 bridgehead atoms. The van der Waals surface area contributed by atoms with Gasteiger partial charge >= 0.3 is 5.69 Å². The van der Waals surface area contributed by atoms with Gasteiger partial charge in [-0.25, -0.2) is 4.79 Å². The van der Waals surface area contributed by atoms with Crippen LogP contribution in [-0.2, 0) is 13.6 Å². The van der Waals surface area contributed by atoms with Crippen LogP contribution < -0.4 is 11.2 Å². The van der Waals surface area contributed by atoms with Crippen LogP contribution in [0, 0.1) is 27.7 Å². The summed E-state index contributed by atoms with van der Waals surface area (Å²) in [6.45, 7) is 10.2. The van der Waals surface area contributed by atoms with E-state index in [1.165, 1.54) is 9.13 Å². The largest absolute Gasteiger partial charge is 0.332 e. The average Bonchev–Trinajstić information content (AvgIpc) is 3.09. The van der Waals surface area contributed by atoms with E-state index in [-0.39, 0.29) is 11.2 Å². The molecule has 3 aromatic heterocycles. The third kappa shape index (κ3) is 2.24. The summed E-state index contributed by atoms with van der Waals surface area (Å²) in [4.78, 5) is 30.2. The maximum atomic E-state index is 13.0. The van der Waals surface area contributed by atoms with Crippen LogP contribution in [0.25, 0.3) is 22.6 Å². The molecule has 4 aromatic rings. The number of aryl methyl sites for hydroxylation is 4. The van der Waals surface area contributed by atoms with E-state index in [0.717, 1.165) is 28.2 Å². The van der Waals surface area contributed by atoms with Crippen molar-refractivity contribution >= 4 is 16.9 Å². The van der Waals surface area contributed by atoms with Crippen LogP contribution in [0.1, 0.15) is 29.4 Å². The average molecular weight is 365 g/mol. The van der Waals surface area contributed by atoms with Crippen LogP contribution in [0.15, 0.2) is 27.8 Å². The first-order chi connectivity index (χ1) is 12.8. The smallest absolute Gasteiger partial charge is 0.283 e.